The van der Waals surface area contributed by atoms with Crippen LogP contribution in [0.25, 0.3) is 11.1 Å². The van der Waals surface area contributed by atoms with Gasteiger partial charge in [0.1, 0.15) is 5.75 Å². The smallest absolute Gasteiger partial charge is 0.418 e. The van der Waals surface area contributed by atoms with E-state index in [1.54, 1.807) is 13.0 Å². The normalized spacial score (nSPS) is 10.5. The van der Waals surface area contributed by atoms with E-state index in [1.165, 1.54) is 6.20 Å². The highest BCUT2D eigenvalue weighted by atomic mass is 16.5. The van der Waals surface area contributed by atoms with Crippen molar-refractivity contribution in [2.45, 2.75) is 26.7 Å². The molecule has 0 spiro atoms. The van der Waals surface area contributed by atoms with E-state index in [0.717, 1.165) is 29.7 Å². The van der Waals surface area contributed by atoms with Crippen molar-refractivity contribution in [1.29, 1.82) is 0 Å². The SMILES string of the molecule is CCCCOc1ccc(-c2ccn(C(=O)O)c(=O)c2C)cc1. The second-order valence-corrected chi connectivity index (χ2v) is 5.04. The van der Waals surface area contributed by atoms with Crippen LogP contribution in [0.5, 0.6) is 5.75 Å². The molecule has 0 amide bonds. The standard InChI is InChI=1S/C17H19NO4/c1-3-4-11-22-14-7-5-13(6-8-14)15-9-10-18(17(20)21)16(19)12(15)2/h5-10H,3-4,11H2,1-2H3,(H,20,21). The minimum absolute atomic E-state index is 0.407. The number of carbonyl (C=O) groups is 1. The molecule has 0 bridgehead atoms. The fraction of sp³-hybridized carbons (Fsp3) is 0.294. The molecule has 5 nitrogen and oxygen atoms in total. The van der Waals surface area contributed by atoms with E-state index in [1.807, 2.05) is 24.3 Å². The quantitative estimate of drug-likeness (QED) is 0.858. The number of rotatable bonds is 5. The predicted molar refractivity (Wildman–Crippen MR) is 84.7 cm³/mol. The molecule has 1 aromatic carbocycles. The molecule has 1 aromatic heterocycles. The Morgan fingerprint density at radius 2 is 1.91 bits per heavy atom. The van der Waals surface area contributed by atoms with Crippen LogP contribution >= 0.6 is 0 Å². The summed E-state index contributed by atoms with van der Waals surface area (Å²) in [5, 5.41) is 8.94. The lowest BCUT2D eigenvalue weighted by Gasteiger charge is -2.09. The molecule has 0 aliphatic carbocycles. The number of benzene rings is 1. The minimum Gasteiger partial charge on any atom is -0.494 e. The molecule has 22 heavy (non-hydrogen) atoms. The maximum atomic E-state index is 12.0. The average molecular weight is 301 g/mol. The van der Waals surface area contributed by atoms with Crippen LogP contribution in [-0.2, 0) is 0 Å². The minimum atomic E-state index is -1.28. The van der Waals surface area contributed by atoms with Crippen LogP contribution in [0.3, 0.4) is 0 Å². The van der Waals surface area contributed by atoms with Crippen molar-refractivity contribution in [3.8, 4) is 16.9 Å². The largest absolute Gasteiger partial charge is 0.494 e. The Morgan fingerprint density at radius 3 is 2.50 bits per heavy atom. The highest BCUT2D eigenvalue weighted by molar-refractivity contribution is 5.72. The third-order valence-electron chi connectivity index (χ3n) is 3.47. The molecule has 5 heteroatoms. The van der Waals surface area contributed by atoms with Gasteiger partial charge in [-0.1, -0.05) is 25.5 Å². The summed E-state index contributed by atoms with van der Waals surface area (Å²) < 4.78 is 6.28. The molecule has 0 atom stereocenters. The van der Waals surface area contributed by atoms with Gasteiger partial charge in [0.2, 0.25) is 0 Å². The first kappa shape index (κ1) is 15.8. The van der Waals surface area contributed by atoms with Gasteiger partial charge in [0.15, 0.2) is 0 Å². The van der Waals surface area contributed by atoms with Gasteiger partial charge in [-0.15, -0.1) is 0 Å². The van der Waals surface area contributed by atoms with E-state index < -0.39 is 11.7 Å². The number of pyridine rings is 1. The highest BCUT2D eigenvalue weighted by Gasteiger charge is 2.11. The number of hydrogen-bond acceptors (Lipinski definition) is 3. The highest BCUT2D eigenvalue weighted by Crippen LogP contribution is 2.23. The van der Waals surface area contributed by atoms with Crippen molar-refractivity contribution < 1.29 is 14.6 Å². The third-order valence-corrected chi connectivity index (χ3v) is 3.47. The summed E-state index contributed by atoms with van der Waals surface area (Å²) in [5.74, 6) is 0.786. The lowest BCUT2D eigenvalue weighted by atomic mass is 10.0. The fourth-order valence-electron chi connectivity index (χ4n) is 2.17. The van der Waals surface area contributed by atoms with Gasteiger partial charge in [-0.2, -0.15) is 0 Å². The second kappa shape index (κ2) is 6.93. The Kier molecular flexibility index (Phi) is 4.99. The Morgan fingerprint density at radius 1 is 1.23 bits per heavy atom. The number of unbranched alkanes of at least 4 members (excludes halogenated alkanes) is 1. The van der Waals surface area contributed by atoms with Crippen molar-refractivity contribution in [2.75, 3.05) is 6.61 Å². The molecule has 0 unspecified atom stereocenters. The van der Waals surface area contributed by atoms with Gasteiger partial charge in [-0.25, -0.2) is 9.36 Å². The number of carboxylic acid groups (broad SMARTS) is 1. The van der Waals surface area contributed by atoms with Crippen LogP contribution in [0.1, 0.15) is 25.3 Å². The summed E-state index contributed by atoms with van der Waals surface area (Å²) in [4.78, 5) is 22.9. The Bertz CT molecular complexity index is 716. The van der Waals surface area contributed by atoms with Gasteiger partial charge in [0.25, 0.3) is 5.56 Å². The second-order valence-electron chi connectivity index (χ2n) is 5.04. The van der Waals surface area contributed by atoms with Crippen LogP contribution in [0, 0.1) is 6.92 Å². The first-order valence-electron chi connectivity index (χ1n) is 7.23. The molecule has 2 aromatic rings. The lowest BCUT2D eigenvalue weighted by Crippen LogP contribution is -2.27. The Labute approximate surface area is 128 Å². The molecule has 0 aliphatic rings. The molecule has 0 fully saturated rings. The van der Waals surface area contributed by atoms with Crippen LogP contribution in [0.2, 0.25) is 0 Å². The predicted octanol–water partition coefficient (Wildman–Crippen LogP) is 3.53. The zero-order chi connectivity index (χ0) is 16.1. The average Bonchev–Trinajstić information content (AvgIpc) is 2.51. The monoisotopic (exact) mass is 301 g/mol. The van der Waals surface area contributed by atoms with Crippen LogP contribution in [0.15, 0.2) is 41.3 Å². The summed E-state index contributed by atoms with van der Waals surface area (Å²) in [6.45, 7) is 4.42. The first-order valence-corrected chi connectivity index (χ1v) is 7.23. The summed E-state index contributed by atoms with van der Waals surface area (Å²) in [5.41, 5.74) is 1.47. The topological polar surface area (TPSA) is 68.5 Å². The summed E-state index contributed by atoms with van der Waals surface area (Å²) in [6, 6.07) is 9.08. The van der Waals surface area contributed by atoms with Crippen molar-refractivity contribution in [2.24, 2.45) is 0 Å². The van der Waals surface area contributed by atoms with E-state index in [9.17, 15) is 9.59 Å². The van der Waals surface area contributed by atoms with Crippen molar-refractivity contribution >= 4 is 6.09 Å². The first-order chi connectivity index (χ1) is 10.5. The van der Waals surface area contributed by atoms with Crippen molar-refractivity contribution in [3.63, 3.8) is 0 Å². The van der Waals surface area contributed by atoms with E-state index >= 15 is 0 Å². The maximum Gasteiger partial charge on any atom is 0.418 e. The fourth-order valence-corrected chi connectivity index (χ4v) is 2.17. The van der Waals surface area contributed by atoms with Gasteiger partial charge >= 0.3 is 6.09 Å². The van der Waals surface area contributed by atoms with Gasteiger partial charge in [0, 0.05) is 11.8 Å². The van der Waals surface area contributed by atoms with Crippen LogP contribution < -0.4 is 10.3 Å². The van der Waals surface area contributed by atoms with Gasteiger partial charge < -0.3 is 9.84 Å². The number of ether oxygens (including phenoxy) is 1. The number of hydrogen-bond donors (Lipinski definition) is 1. The van der Waals surface area contributed by atoms with E-state index in [0.29, 0.717) is 16.7 Å². The molecule has 0 saturated carbocycles. The summed E-state index contributed by atoms with van der Waals surface area (Å²) in [7, 11) is 0. The maximum absolute atomic E-state index is 12.0. The van der Waals surface area contributed by atoms with Crippen LogP contribution in [-0.4, -0.2) is 22.4 Å². The molecular weight excluding hydrogens is 282 g/mol. The number of nitrogens with zero attached hydrogens (tertiary/aromatic N) is 1. The zero-order valence-electron chi connectivity index (χ0n) is 12.7. The number of aromatic nitrogens is 1. The molecule has 116 valence electrons. The van der Waals surface area contributed by atoms with E-state index in [-0.39, 0.29) is 0 Å². The molecule has 0 saturated heterocycles. The van der Waals surface area contributed by atoms with Gasteiger partial charge in [-0.05, 0) is 42.7 Å². The summed E-state index contributed by atoms with van der Waals surface area (Å²) >= 11 is 0. The van der Waals surface area contributed by atoms with Crippen LogP contribution in [0.4, 0.5) is 4.79 Å². The van der Waals surface area contributed by atoms with E-state index in [2.05, 4.69) is 6.92 Å². The van der Waals surface area contributed by atoms with Gasteiger partial charge in [0.05, 0.1) is 6.61 Å². The Balaban J connectivity index is 2.27. The molecule has 2 rings (SSSR count). The zero-order valence-corrected chi connectivity index (χ0v) is 12.7. The third kappa shape index (κ3) is 3.36. The van der Waals surface area contributed by atoms with Gasteiger partial charge in [-0.3, -0.25) is 4.79 Å². The summed E-state index contributed by atoms with van der Waals surface area (Å²) in [6.07, 6.45) is 2.09. The molecule has 1 N–H and O–H groups in total. The van der Waals surface area contributed by atoms with Crippen molar-refractivity contribution in [1.82, 2.24) is 4.57 Å². The molecule has 0 radical (unpaired) electrons. The molecule has 0 aliphatic heterocycles. The van der Waals surface area contributed by atoms with Crippen molar-refractivity contribution in [3.05, 3.63) is 52.4 Å². The van der Waals surface area contributed by atoms with E-state index in [4.69, 9.17) is 9.84 Å². The lowest BCUT2D eigenvalue weighted by molar-refractivity contribution is 0.195. The Hall–Kier alpha value is -2.56. The molecular formula is C17H19NO4. The molecule has 1 heterocycles.